The molecule has 1 aliphatic rings. The Balaban J connectivity index is 1.72. The lowest BCUT2D eigenvalue weighted by molar-refractivity contribution is 0.0950. The van der Waals surface area contributed by atoms with Crippen LogP contribution < -0.4 is 15.5 Å². The van der Waals surface area contributed by atoms with Crippen molar-refractivity contribution in [1.82, 2.24) is 10.3 Å². The van der Waals surface area contributed by atoms with Gasteiger partial charge >= 0.3 is 0 Å². The van der Waals surface area contributed by atoms with Gasteiger partial charge in [0.15, 0.2) is 0 Å². The molecule has 3 rings (SSSR count). The highest BCUT2D eigenvalue weighted by atomic mass is 16.2. The quantitative estimate of drug-likeness (QED) is 0.788. The third kappa shape index (κ3) is 4.64. The number of nitrogens with one attached hydrogen (secondary N) is 2. The van der Waals surface area contributed by atoms with E-state index in [0.29, 0.717) is 11.1 Å². The Hall–Kier alpha value is -2.89. The van der Waals surface area contributed by atoms with Crippen LogP contribution in [0, 0.1) is 6.92 Å². The molecule has 0 radical (unpaired) electrons. The molecule has 1 aromatic carbocycles. The number of aromatic nitrogens is 1. The Morgan fingerprint density at radius 2 is 1.74 bits per heavy atom. The van der Waals surface area contributed by atoms with Crippen LogP contribution in [0.25, 0.3) is 0 Å². The number of anilines is 2. The highest BCUT2D eigenvalue weighted by molar-refractivity contribution is 6.06. The largest absolute Gasteiger partial charge is 0.372 e. The summed E-state index contributed by atoms with van der Waals surface area (Å²) in [6.45, 7) is 8.08. The van der Waals surface area contributed by atoms with Gasteiger partial charge in [0, 0.05) is 42.9 Å². The summed E-state index contributed by atoms with van der Waals surface area (Å²) in [6.07, 6.45) is 4.99. The SMILES string of the molecule is CCN(CC)c1ccc(NC(=O)c2cncc(C(=O)NC3CC3)c2)c(C)c1. The molecule has 2 N–H and O–H groups in total. The Kier molecular flexibility index (Phi) is 5.74. The molecule has 0 aliphatic heterocycles. The van der Waals surface area contributed by atoms with E-state index in [2.05, 4.69) is 40.4 Å². The molecule has 1 saturated carbocycles. The van der Waals surface area contributed by atoms with Crippen LogP contribution in [0.4, 0.5) is 11.4 Å². The number of pyridine rings is 1. The van der Waals surface area contributed by atoms with Gasteiger partial charge in [-0.15, -0.1) is 0 Å². The van der Waals surface area contributed by atoms with Crippen molar-refractivity contribution in [1.29, 1.82) is 0 Å². The minimum absolute atomic E-state index is 0.181. The normalized spacial score (nSPS) is 13.1. The fourth-order valence-electron chi connectivity index (χ4n) is 2.95. The van der Waals surface area contributed by atoms with Crippen molar-refractivity contribution < 1.29 is 9.59 Å². The summed E-state index contributed by atoms with van der Waals surface area (Å²) in [4.78, 5) is 31.1. The van der Waals surface area contributed by atoms with Gasteiger partial charge in [0.2, 0.25) is 0 Å². The second kappa shape index (κ2) is 8.20. The summed E-state index contributed by atoms with van der Waals surface area (Å²) in [6, 6.07) is 7.84. The zero-order valence-corrected chi connectivity index (χ0v) is 16.1. The molecule has 2 aromatic rings. The molecule has 27 heavy (non-hydrogen) atoms. The summed E-state index contributed by atoms with van der Waals surface area (Å²) in [5, 5.41) is 5.83. The smallest absolute Gasteiger partial charge is 0.257 e. The molecule has 6 heteroatoms. The van der Waals surface area contributed by atoms with Crippen molar-refractivity contribution in [3.8, 4) is 0 Å². The van der Waals surface area contributed by atoms with E-state index in [1.807, 2.05) is 19.1 Å². The number of aryl methyl sites for hydroxylation is 1. The Morgan fingerprint density at radius 1 is 1.07 bits per heavy atom. The van der Waals surface area contributed by atoms with Crippen LogP contribution in [0.15, 0.2) is 36.7 Å². The molecule has 1 aromatic heterocycles. The number of carbonyl (C=O) groups is 2. The molecule has 142 valence electrons. The zero-order valence-electron chi connectivity index (χ0n) is 16.1. The highest BCUT2D eigenvalue weighted by Crippen LogP contribution is 2.23. The third-order valence-corrected chi connectivity index (χ3v) is 4.76. The zero-order chi connectivity index (χ0) is 19.4. The first kappa shape index (κ1) is 18.9. The lowest BCUT2D eigenvalue weighted by Crippen LogP contribution is -2.26. The van der Waals surface area contributed by atoms with Gasteiger partial charge in [-0.2, -0.15) is 0 Å². The van der Waals surface area contributed by atoms with Crippen LogP contribution in [0.5, 0.6) is 0 Å². The van der Waals surface area contributed by atoms with Gasteiger partial charge in [-0.3, -0.25) is 14.6 Å². The van der Waals surface area contributed by atoms with Crippen LogP contribution >= 0.6 is 0 Å². The molecule has 0 spiro atoms. The van der Waals surface area contributed by atoms with E-state index in [0.717, 1.165) is 42.9 Å². The lowest BCUT2D eigenvalue weighted by atomic mass is 10.1. The Morgan fingerprint density at radius 3 is 2.33 bits per heavy atom. The van der Waals surface area contributed by atoms with Gasteiger partial charge in [-0.25, -0.2) is 0 Å². The average Bonchev–Trinajstić information content (AvgIpc) is 3.49. The average molecular weight is 366 g/mol. The summed E-state index contributed by atoms with van der Waals surface area (Å²) >= 11 is 0. The van der Waals surface area contributed by atoms with Crippen LogP contribution in [0.3, 0.4) is 0 Å². The molecule has 1 heterocycles. The lowest BCUT2D eigenvalue weighted by Gasteiger charge is -2.22. The summed E-state index contributed by atoms with van der Waals surface area (Å²) in [5.41, 5.74) is 3.65. The van der Waals surface area contributed by atoms with Gasteiger partial charge in [0.1, 0.15) is 0 Å². The highest BCUT2D eigenvalue weighted by Gasteiger charge is 2.24. The topological polar surface area (TPSA) is 74.3 Å². The van der Waals surface area contributed by atoms with Crippen molar-refractivity contribution in [2.45, 2.75) is 39.7 Å². The second-order valence-electron chi connectivity index (χ2n) is 6.84. The molecule has 0 bridgehead atoms. The number of benzene rings is 1. The minimum atomic E-state index is -0.276. The first-order valence-corrected chi connectivity index (χ1v) is 9.44. The number of nitrogens with zero attached hydrogens (tertiary/aromatic N) is 2. The Bertz CT molecular complexity index is 842. The third-order valence-electron chi connectivity index (χ3n) is 4.76. The number of amides is 2. The molecular formula is C21H26N4O2. The van der Waals surface area contributed by atoms with Gasteiger partial charge in [-0.05, 0) is 63.4 Å². The van der Waals surface area contributed by atoms with E-state index in [-0.39, 0.29) is 17.9 Å². The monoisotopic (exact) mass is 366 g/mol. The van der Waals surface area contributed by atoms with Crippen molar-refractivity contribution >= 4 is 23.2 Å². The number of hydrogen-bond acceptors (Lipinski definition) is 4. The van der Waals surface area contributed by atoms with E-state index >= 15 is 0 Å². The maximum atomic E-state index is 12.6. The molecular weight excluding hydrogens is 340 g/mol. The summed E-state index contributed by atoms with van der Waals surface area (Å²) < 4.78 is 0. The second-order valence-corrected chi connectivity index (χ2v) is 6.84. The molecule has 0 atom stereocenters. The number of hydrogen-bond donors (Lipinski definition) is 2. The molecule has 0 saturated heterocycles. The first-order valence-electron chi connectivity index (χ1n) is 9.44. The molecule has 6 nitrogen and oxygen atoms in total. The van der Waals surface area contributed by atoms with Crippen molar-refractivity contribution in [2.75, 3.05) is 23.3 Å². The van der Waals surface area contributed by atoms with E-state index in [1.54, 1.807) is 6.07 Å². The van der Waals surface area contributed by atoms with Crippen LogP contribution in [-0.4, -0.2) is 35.9 Å². The molecule has 0 unspecified atom stereocenters. The maximum absolute atomic E-state index is 12.6. The minimum Gasteiger partial charge on any atom is -0.372 e. The van der Waals surface area contributed by atoms with E-state index < -0.39 is 0 Å². The van der Waals surface area contributed by atoms with E-state index in [4.69, 9.17) is 0 Å². The Labute approximate surface area is 160 Å². The standard InChI is InChI=1S/C21H26N4O2/c1-4-25(5-2)18-8-9-19(14(3)10-18)24-21(27)16-11-15(12-22-13-16)20(26)23-17-6-7-17/h8-13,17H,4-7H2,1-3H3,(H,23,26)(H,24,27). The first-order chi connectivity index (χ1) is 13.0. The van der Waals surface area contributed by atoms with Crippen LogP contribution in [0.1, 0.15) is 53.0 Å². The van der Waals surface area contributed by atoms with Gasteiger partial charge in [-0.1, -0.05) is 0 Å². The van der Waals surface area contributed by atoms with Gasteiger partial charge in [0.05, 0.1) is 11.1 Å². The number of rotatable bonds is 7. The fourth-order valence-corrected chi connectivity index (χ4v) is 2.95. The van der Waals surface area contributed by atoms with Crippen molar-refractivity contribution in [3.63, 3.8) is 0 Å². The van der Waals surface area contributed by atoms with E-state index in [1.165, 1.54) is 12.4 Å². The van der Waals surface area contributed by atoms with Gasteiger partial charge in [0.25, 0.3) is 11.8 Å². The predicted octanol–water partition coefficient (Wildman–Crippen LogP) is 3.38. The van der Waals surface area contributed by atoms with Crippen LogP contribution in [-0.2, 0) is 0 Å². The molecule has 2 amide bonds. The molecule has 1 fully saturated rings. The maximum Gasteiger partial charge on any atom is 0.257 e. The predicted molar refractivity (Wildman–Crippen MR) is 107 cm³/mol. The summed E-state index contributed by atoms with van der Waals surface area (Å²) in [5.74, 6) is -0.457. The van der Waals surface area contributed by atoms with Crippen LogP contribution in [0.2, 0.25) is 0 Å². The van der Waals surface area contributed by atoms with Crippen molar-refractivity contribution in [2.24, 2.45) is 0 Å². The van der Waals surface area contributed by atoms with Crippen molar-refractivity contribution in [3.05, 3.63) is 53.3 Å². The fraction of sp³-hybridized carbons (Fsp3) is 0.381. The van der Waals surface area contributed by atoms with E-state index in [9.17, 15) is 9.59 Å². The van der Waals surface area contributed by atoms with Gasteiger partial charge < -0.3 is 15.5 Å². The summed E-state index contributed by atoms with van der Waals surface area (Å²) in [7, 11) is 0. The number of carbonyl (C=O) groups excluding carboxylic acids is 2. The molecule has 1 aliphatic carbocycles.